The topological polar surface area (TPSA) is 58.6 Å². The Balaban J connectivity index is 1.62. The Kier molecular flexibility index (Phi) is 9.99. The molecule has 0 saturated heterocycles. The predicted molar refractivity (Wildman–Crippen MR) is 155 cm³/mol. The van der Waals surface area contributed by atoms with Crippen LogP contribution in [0, 0.1) is 6.92 Å². The molecule has 3 aromatic carbocycles. The lowest BCUT2D eigenvalue weighted by Crippen LogP contribution is -2.53. The van der Waals surface area contributed by atoms with Crippen LogP contribution < -0.4 is 10.1 Å². The number of nitrogens with zero attached hydrogens (tertiary/aromatic N) is 1. The lowest BCUT2D eigenvalue weighted by atomic mass is 10.0. The van der Waals surface area contributed by atoms with E-state index in [1.54, 1.807) is 4.90 Å². The summed E-state index contributed by atoms with van der Waals surface area (Å²) in [6, 6.07) is 23.3. The number of hydrogen-bond acceptors (Lipinski definition) is 3. The van der Waals surface area contributed by atoms with Crippen LogP contribution in [0.1, 0.15) is 54.9 Å². The van der Waals surface area contributed by atoms with Crippen LogP contribution >= 0.6 is 15.9 Å². The number of carbonyl (C=O) groups excluding carboxylic acids is 2. The number of carbonyl (C=O) groups is 2. The number of benzene rings is 3. The van der Waals surface area contributed by atoms with E-state index < -0.39 is 6.04 Å². The lowest BCUT2D eigenvalue weighted by molar-refractivity contribution is -0.143. The molecule has 200 valence electrons. The van der Waals surface area contributed by atoms with Crippen LogP contribution in [0.3, 0.4) is 0 Å². The fourth-order valence-corrected chi connectivity index (χ4v) is 5.54. The number of amides is 2. The number of ether oxygens (including phenoxy) is 1. The summed E-state index contributed by atoms with van der Waals surface area (Å²) < 4.78 is 6.81. The largest absolute Gasteiger partial charge is 0.483 e. The van der Waals surface area contributed by atoms with Crippen LogP contribution in [-0.2, 0) is 29.0 Å². The third kappa shape index (κ3) is 7.47. The van der Waals surface area contributed by atoms with Gasteiger partial charge >= 0.3 is 0 Å². The van der Waals surface area contributed by atoms with Gasteiger partial charge in [-0.1, -0.05) is 80.4 Å². The molecule has 1 fully saturated rings. The summed E-state index contributed by atoms with van der Waals surface area (Å²) in [5, 5.41) is 3.25. The molecule has 4 rings (SSSR count). The normalized spacial score (nSPS) is 14.2. The van der Waals surface area contributed by atoms with Crippen molar-refractivity contribution < 1.29 is 14.3 Å². The molecule has 0 radical (unpaired) electrons. The van der Waals surface area contributed by atoms with Crippen LogP contribution in [-0.4, -0.2) is 35.4 Å². The Morgan fingerprint density at radius 2 is 1.71 bits per heavy atom. The maximum atomic E-state index is 13.8. The van der Waals surface area contributed by atoms with Gasteiger partial charge in [-0.05, 0) is 76.5 Å². The number of aryl methyl sites for hydroxylation is 2. The molecular weight excluding hydrogens is 540 g/mol. The third-order valence-corrected chi connectivity index (χ3v) is 7.95. The van der Waals surface area contributed by atoms with E-state index in [1.807, 2.05) is 79.7 Å². The van der Waals surface area contributed by atoms with Gasteiger partial charge in [0.25, 0.3) is 5.91 Å². The first kappa shape index (κ1) is 27.9. The van der Waals surface area contributed by atoms with E-state index >= 15 is 0 Å². The van der Waals surface area contributed by atoms with E-state index in [-0.39, 0.29) is 24.5 Å². The van der Waals surface area contributed by atoms with Gasteiger partial charge in [-0.15, -0.1) is 0 Å². The van der Waals surface area contributed by atoms with Gasteiger partial charge in [0.05, 0.1) is 4.47 Å². The average Bonchev–Trinajstić information content (AvgIpc) is 3.44. The highest BCUT2D eigenvalue weighted by atomic mass is 79.9. The van der Waals surface area contributed by atoms with Crippen LogP contribution in [0.4, 0.5) is 0 Å². The summed E-state index contributed by atoms with van der Waals surface area (Å²) in [5.41, 5.74) is 4.29. The summed E-state index contributed by atoms with van der Waals surface area (Å²) in [6.45, 7) is 4.31. The van der Waals surface area contributed by atoms with E-state index in [2.05, 4.69) is 28.2 Å². The minimum absolute atomic E-state index is 0.101. The molecule has 2 amide bonds. The summed E-state index contributed by atoms with van der Waals surface area (Å²) in [7, 11) is 0. The fraction of sp³-hybridized carbons (Fsp3) is 0.375. The van der Waals surface area contributed by atoms with Crippen molar-refractivity contribution >= 4 is 27.7 Å². The van der Waals surface area contributed by atoms with E-state index in [0.717, 1.165) is 53.3 Å². The van der Waals surface area contributed by atoms with E-state index in [4.69, 9.17) is 4.74 Å². The van der Waals surface area contributed by atoms with Crippen molar-refractivity contribution in [2.45, 2.75) is 71.0 Å². The van der Waals surface area contributed by atoms with Gasteiger partial charge in [0.15, 0.2) is 6.61 Å². The number of hydrogen-bond donors (Lipinski definition) is 1. The molecule has 0 heterocycles. The summed E-state index contributed by atoms with van der Waals surface area (Å²) in [4.78, 5) is 29.3. The number of nitrogens with one attached hydrogen (secondary N) is 1. The van der Waals surface area contributed by atoms with Crippen LogP contribution in [0.2, 0.25) is 0 Å². The zero-order valence-electron chi connectivity index (χ0n) is 22.3. The Bertz CT molecular complexity index is 1220. The van der Waals surface area contributed by atoms with Crippen molar-refractivity contribution in [1.82, 2.24) is 10.2 Å². The zero-order chi connectivity index (χ0) is 26.9. The van der Waals surface area contributed by atoms with Gasteiger partial charge in [0.1, 0.15) is 11.8 Å². The van der Waals surface area contributed by atoms with Crippen LogP contribution in [0.5, 0.6) is 5.75 Å². The zero-order valence-corrected chi connectivity index (χ0v) is 23.9. The molecule has 5 nitrogen and oxygen atoms in total. The monoisotopic (exact) mass is 576 g/mol. The third-order valence-electron chi connectivity index (χ3n) is 7.33. The van der Waals surface area contributed by atoms with E-state index in [1.165, 1.54) is 5.56 Å². The SMILES string of the molecule is CCc1ccc(OCC(=O)N(Cc2ccccc2C)[C@@H](Cc2ccccc2)C(=O)NC2CCCC2)c(Br)c1. The molecule has 0 bridgehead atoms. The first-order valence-corrected chi connectivity index (χ1v) is 14.3. The molecule has 0 spiro atoms. The molecule has 1 N–H and O–H groups in total. The minimum Gasteiger partial charge on any atom is -0.483 e. The van der Waals surface area contributed by atoms with Gasteiger partial charge in [0.2, 0.25) is 5.91 Å². The highest BCUT2D eigenvalue weighted by molar-refractivity contribution is 9.10. The molecule has 1 atom stereocenters. The quantitative estimate of drug-likeness (QED) is 0.287. The maximum Gasteiger partial charge on any atom is 0.261 e. The highest BCUT2D eigenvalue weighted by Gasteiger charge is 2.32. The van der Waals surface area contributed by atoms with Crippen molar-refractivity contribution in [2.24, 2.45) is 0 Å². The number of halogens is 1. The van der Waals surface area contributed by atoms with Gasteiger partial charge in [-0.25, -0.2) is 0 Å². The Morgan fingerprint density at radius 3 is 2.39 bits per heavy atom. The van der Waals surface area contributed by atoms with Crippen LogP contribution in [0.25, 0.3) is 0 Å². The summed E-state index contributed by atoms with van der Waals surface area (Å²) in [5.74, 6) is 0.291. The summed E-state index contributed by atoms with van der Waals surface area (Å²) in [6.07, 6.45) is 5.57. The van der Waals surface area contributed by atoms with Crippen molar-refractivity contribution in [3.05, 3.63) is 99.5 Å². The minimum atomic E-state index is -0.653. The molecule has 1 aliphatic carbocycles. The first-order chi connectivity index (χ1) is 18.4. The number of rotatable bonds is 11. The molecule has 1 saturated carbocycles. The first-order valence-electron chi connectivity index (χ1n) is 13.5. The molecule has 38 heavy (non-hydrogen) atoms. The Labute approximate surface area is 234 Å². The van der Waals surface area contributed by atoms with Crippen LogP contribution in [0.15, 0.2) is 77.3 Å². The highest BCUT2D eigenvalue weighted by Crippen LogP contribution is 2.27. The molecule has 3 aromatic rings. The summed E-state index contributed by atoms with van der Waals surface area (Å²) >= 11 is 3.57. The van der Waals surface area contributed by atoms with Crippen molar-refractivity contribution in [3.63, 3.8) is 0 Å². The molecule has 0 aliphatic heterocycles. The molecule has 0 unspecified atom stereocenters. The fourth-order valence-electron chi connectivity index (χ4n) is 5.00. The second-order valence-corrected chi connectivity index (χ2v) is 10.9. The smallest absolute Gasteiger partial charge is 0.261 e. The Morgan fingerprint density at radius 1 is 1.00 bits per heavy atom. The van der Waals surface area contributed by atoms with Crippen molar-refractivity contribution in [2.75, 3.05) is 6.61 Å². The van der Waals surface area contributed by atoms with Crippen molar-refractivity contribution in [3.8, 4) is 5.75 Å². The molecular formula is C32H37BrN2O3. The van der Waals surface area contributed by atoms with Gasteiger partial charge in [-0.3, -0.25) is 9.59 Å². The Hall–Kier alpha value is -3.12. The van der Waals surface area contributed by atoms with Crippen molar-refractivity contribution in [1.29, 1.82) is 0 Å². The molecule has 1 aliphatic rings. The van der Waals surface area contributed by atoms with Gasteiger partial charge in [0, 0.05) is 19.0 Å². The maximum absolute atomic E-state index is 13.8. The van der Waals surface area contributed by atoms with E-state index in [0.29, 0.717) is 18.7 Å². The predicted octanol–water partition coefficient (Wildman–Crippen LogP) is 6.40. The van der Waals surface area contributed by atoms with E-state index in [9.17, 15) is 9.59 Å². The second kappa shape index (κ2) is 13.6. The van der Waals surface area contributed by atoms with Gasteiger partial charge in [-0.2, -0.15) is 0 Å². The lowest BCUT2D eigenvalue weighted by Gasteiger charge is -2.32. The average molecular weight is 578 g/mol. The molecule has 0 aromatic heterocycles. The van der Waals surface area contributed by atoms with Gasteiger partial charge < -0.3 is 15.0 Å². The standard InChI is InChI=1S/C32H37BrN2O3/c1-3-24-17-18-30(28(33)19-24)38-22-31(36)35(21-26-14-8-7-11-23(26)2)29(20-25-12-5-4-6-13-25)32(37)34-27-15-9-10-16-27/h4-8,11-14,17-19,27,29H,3,9-10,15-16,20-22H2,1-2H3,(H,34,37)/t29-/m0/s1. The molecule has 6 heteroatoms. The second-order valence-electron chi connectivity index (χ2n) is 10.1.